The van der Waals surface area contributed by atoms with Gasteiger partial charge in [-0.2, -0.15) is 0 Å². The van der Waals surface area contributed by atoms with Crippen molar-refractivity contribution in [3.63, 3.8) is 0 Å². The minimum Gasteiger partial charge on any atom is -0.490 e. The van der Waals surface area contributed by atoms with Crippen LogP contribution in [-0.2, 0) is 11.3 Å². The summed E-state index contributed by atoms with van der Waals surface area (Å²) < 4.78 is 11.1. The lowest BCUT2D eigenvalue weighted by Crippen LogP contribution is -2.27. The Morgan fingerprint density at radius 1 is 1.08 bits per heavy atom. The number of nitro groups is 1. The minimum atomic E-state index is -0.618. The molecule has 0 aliphatic carbocycles. The molecule has 2 amide bonds. The SMILES string of the molecule is CCOc1cc(/C=C2\SC(=O)N(Cc3ccccc3[N+](=O)[O-])C2=O)ccc1OC(=O)c1cccc(Cl)c1. The molecule has 0 bridgehead atoms. The maximum absolute atomic E-state index is 12.9. The number of hydrogen-bond donors (Lipinski definition) is 0. The van der Waals surface area contributed by atoms with Gasteiger partial charge < -0.3 is 9.47 Å². The highest BCUT2D eigenvalue weighted by Gasteiger charge is 2.36. The molecular formula is C26H19ClN2O7S. The van der Waals surface area contributed by atoms with E-state index >= 15 is 0 Å². The number of amides is 2. The maximum atomic E-state index is 12.9. The third-order valence-electron chi connectivity index (χ3n) is 5.22. The molecule has 1 saturated heterocycles. The summed E-state index contributed by atoms with van der Waals surface area (Å²) in [6.45, 7) is 1.84. The predicted octanol–water partition coefficient (Wildman–Crippen LogP) is 6.10. The topological polar surface area (TPSA) is 116 Å². The molecule has 0 saturated carbocycles. The molecule has 37 heavy (non-hydrogen) atoms. The Bertz CT molecular complexity index is 1440. The van der Waals surface area contributed by atoms with Gasteiger partial charge in [0, 0.05) is 16.7 Å². The van der Waals surface area contributed by atoms with Crippen molar-refractivity contribution in [2.24, 2.45) is 0 Å². The van der Waals surface area contributed by atoms with Gasteiger partial charge >= 0.3 is 5.97 Å². The van der Waals surface area contributed by atoms with Crippen molar-refractivity contribution in [2.45, 2.75) is 13.5 Å². The molecule has 0 spiro atoms. The second-order valence-corrected chi connectivity index (χ2v) is 9.12. The van der Waals surface area contributed by atoms with Crippen molar-refractivity contribution in [1.82, 2.24) is 4.90 Å². The summed E-state index contributed by atoms with van der Waals surface area (Å²) in [5.41, 5.74) is 0.879. The van der Waals surface area contributed by atoms with Crippen molar-refractivity contribution in [2.75, 3.05) is 6.61 Å². The van der Waals surface area contributed by atoms with E-state index in [1.807, 2.05) is 0 Å². The number of ether oxygens (including phenoxy) is 2. The molecule has 1 heterocycles. The number of para-hydroxylation sites is 1. The Morgan fingerprint density at radius 3 is 2.59 bits per heavy atom. The summed E-state index contributed by atoms with van der Waals surface area (Å²) in [6.07, 6.45) is 1.51. The van der Waals surface area contributed by atoms with Crippen LogP contribution in [-0.4, -0.2) is 33.5 Å². The van der Waals surface area contributed by atoms with Crippen LogP contribution in [0.1, 0.15) is 28.4 Å². The first-order valence-electron chi connectivity index (χ1n) is 11.0. The molecule has 188 valence electrons. The van der Waals surface area contributed by atoms with Crippen LogP contribution in [0, 0.1) is 10.1 Å². The summed E-state index contributed by atoms with van der Waals surface area (Å²) >= 11 is 6.68. The highest BCUT2D eigenvalue weighted by Crippen LogP contribution is 2.36. The largest absolute Gasteiger partial charge is 0.490 e. The molecule has 1 aliphatic rings. The maximum Gasteiger partial charge on any atom is 0.343 e. The predicted molar refractivity (Wildman–Crippen MR) is 139 cm³/mol. The van der Waals surface area contributed by atoms with Gasteiger partial charge in [-0.25, -0.2) is 4.79 Å². The lowest BCUT2D eigenvalue weighted by atomic mass is 10.1. The molecule has 1 aliphatic heterocycles. The molecule has 11 heteroatoms. The zero-order valence-electron chi connectivity index (χ0n) is 19.4. The molecule has 4 rings (SSSR count). The number of imide groups is 1. The van der Waals surface area contributed by atoms with Crippen molar-refractivity contribution >= 4 is 52.2 Å². The van der Waals surface area contributed by atoms with E-state index in [-0.39, 0.29) is 46.4 Å². The fraction of sp³-hybridized carbons (Fsp3) is 0.115. The van der Waals surface area contributed by atoms with E-state index in [2.05, 4.69) is 0 Å². The van der Waals surface area contributed by atoms with E-state index in [1.165, 1.54) is 36.4 Å². The zero-order chi connectivity index (χ0) is 26.5. The molecule has 0 aromatic heterocycles. The molecule has 0 unspecified atom stereocenters. The first-order valence-corrected chi connectivity index (χ1v) is 12.2. The van der Waals surface area contributed by atoms with Gasteiger partial charge in [-0.05, 0) is 60.7 Å². The van der Waals surface area contributed by atoms with Crippen LogP contribution in [0.4, 0.5) is 10.5 Å². The summed E-state index contributed by atoms with van der Waals surface area (Å²) in [7, 11) is 0. The monoisotopic (exact) mass is 538 g/mol. The Morgan fingerprint density at radius 2 is 1.86 bits per heavy atom. The molecular weight excluding hydrogens is 520 g/mol. The number of carbonyl (C=O) groups excluding carboxylic acids is 3. The molecule has 0 radical (unpaired) electrons. The van der Waals surface area contributed by atoms with Crippen LogP contribution in [0.5, 0.6) is 11.5 Å². The van der Waals surface area contributed by atoms with E-state index in [9.17, 15) is 24.5 Å². The highest BCUT2D eigenvalue weighted by atomic mass is 35.5. The van der Waals surface area contributed by atoms with E-state index < -0.39 is 22.0 Å². The zero-order valence-corrected chi connectivity index (χ0v) is 21.0. The number of nitrogens with zero attached hydrogens (tertiary/aromatic N) is 2. The third kappa shape index (κ3) is 5.99. The van der Waals surface area contributed by atoms with Gasteiger partial charge in [-0.15, -0.1) is 0 Å². The Kier molecular flexibility index (Phi) is 7.90. The number of benzene rings is 3. The molecule has 1 fully saturated rings. The lowest BCUT2D eigenvalue weighted by Gasteiger charge is -2.13. The minimum absolute atomic E-state index is 0.148. The summed E-state index contributed by atoms with van der Waals surface area (Å²) in [5, 5.41) is 11.1. The van der Waals surface area contributed by atoms with E-state index in [1.54, 1.807) is 43.3 Å². The van der Waals surface area contributed by atoms with Gasteiger partial charge in [0.15, 0.2) is 11.5 Å². The van der Waals surface area contributed by atoms with Gasteiger partial charge in [0.05, 0.1) is 28.5 Å². The van der Waals surface area contributed by atoms with Crippen LogP contribution < -0.4 is 9.47 Å². The van der Waals surface area contributed by atoms with Crippen LogP contribution in [0.3, 0.4) is 0 Å². The first kappa shape index (κ1) is 25.9. The Hall–Kier alpha value is -4.15. The van der Waals surface area contributed by atoms with Crippen LogP contribution in [0.2, 0.25) is 5.02 Å². The lowest BCUT2D eigenvalue weighted by molar-refractivity contribution is -0.385. The first-order chi connectivity index (χ1) is 17.8. The number of esters is 1. The number of hydrogen-bond acceptors (Lipinski definition) is 8. The quantitative estimate of drug-likeness (QED) is 0.111. The Labute approximate surface area is 220 Å². The van der Waals surface area contributed by atoms with Crippen LogP contribution in [0.25, 0.3) is 6.08 Å². The number of rotatable bonds is 8. The molecule has 0 N–H and O–H groups in total. The second kappa shape index (κ2) is 11.3. The Balaban J connectivity index is 1.55. The molecule has 0 atom stereocenters. The number of nitro benzene ring substituents is 1. The average Bonchev–Trinajstić information content (AvgIpc) is 3.13. The highest BCUT2D eigenvalue weighted by molar-refractivity contribution is 8.18. The van der Waals surface area contributed by atoms with Gasteiger partial charge in [0.25, 0.3) is 16.8 Å². The molecule has 3 aromatic carbocycles. The average molecular weight is 539 g/mol. The fourth-order valence-corrected chi connectivity index (χ4v) is 4.55. The molecule has 9 nitrogen and oxygen atoms in total. The standard InChI is InChI=1S/C26H19ClN2O7S/c1-2-35-22-12-16(10-11-21(22)36-25(31)17-7-5-8-19(27)14-17)13-23-24(30)28(26(32)37-23)15-18-6-3-4-9-20(18)29(33)34/h3-14H,2,15H2,1H3/b23-13-. The van der Waals surface area contributed by atoms with Gasteiger partial charge in [0.2, 0.25) is 0 Å². The fourth-order valence-electron chi connectivity index (χ4n) is 3.52. The number of halogens is 1. The smallest absolute Gasteiger partial charge is 0.343 e. The van der Waals surface area contributed by atoms with Crippen molar-refractivity contribution < 1.29 is 28.8 Å². The van der Waals surface area contributed by atoms with E-state index in [0.29, 0.717) is 10.6 Å². The van der Waals surface area contributed by atoms with Crippen LogP contribution >= 0.6 is 23.4 Å². The van der Waals surface area contributed by atoms with Crippen molar-refractivity contribution in [1.29, 1.82) is 0 Å². The van der Waals surface area contributed by atoms with Crippen molar-refractivity contribution in [3.8, 4) is 11.5 Å². The third-order valence-corrected chi connectivity index (χ3v) is 6.36. The van der Waals surface area contributed by atoms with E-state index in [0.717, 1.165) is 16.7 Å². The number of thioether (sulfide) groups is 1. The summed E-state index contributed by atoms with van der Waals surface area (Å²) in [4.78, 5) is 49.9. The second-order valence-electron chi connectivity index (χ2n) is 7.69. The number of carbonyl (C=O) groups is 3. The van der Waals surface area contributed by atoms with Gasteiger partial charge in [0.1, 0.15) is 0 Å². The summed E-state index contributed by atoms with van der Waals surface area (Å²) in [6, 6.07) is 17.0. The van der Waals surface area contributed by atoms with Crippen molar-refractivity contribution in [3.05, 3.63) is 103 Å². The van der Waals surface area contributed by atoms with Crippen LogP contribution in [0.15, 0.2) is 71.6 Å². The normalized spacial score (nSPS) is 14.2. The van der Waals surface area contributed by atoms with Gasteiger partial charge in [-0.1, -0.05) is 41.9 Å². The molecule has 3 aromatic rings. The van der Waals surface area contributed by atoms with Gasteiger partial charge in [-0.3, -0.25) is 24.6 Å². The van der Waals surface area contributed by atoms with E-state index in [4.69, 9.17) is 21.1 Å². The summed E-state index contributed by atoms with van der Waals surface area (Å²) in [5.74, 6) is -0.742.